The first kappa shape index (κ1) is 29.4. The molecule has 0 bridgehead atoms. The van der Waals surface area contributed by atoms with Crippen LogP contribution in [-0.4, -0.2) is 0 Å². The first-order valence-electron chi connectivity index (χ1n) is 17.8. The predicted molar refractivity (Wildman–Crippen MR) is 215 cm³/mol. The number of rotatable bonds is 5. The Bertz CT molecular complexity index is 2680. The Hall–Kier alpha value is -6.50. The van der Waals surface area contributed by atoms with Crippen LogP contribution in [0.3, 0.4) is 0 Å². The summed E-state index contributed by atoms with van der Waals surface area (Å²) in [5.74, 6) is 0. The molecule has 0 heterocycles. The van der Waals surface area contributed by atoms with Gasteiger partial charge in [-0.25, -0.2) is 0 Å². The highest BCUT2D eigenvalue weighted by Gasteiger charge is 2.45. The van der Waals surface area contributed by atoms with Crippen LogP contribution in [0.15, 0.2) is 206 Å². The van der Waals surface area contributed by atoms with E-state index in [1.54, 1.807) is 0 Å². The van der Waals surface area contributed by atoms with E-state index in [-0.39, 0.29) is 0 Å². The van der Waals surface area contributed by atoms with Crippen LogP contribution in [0.2, 0.25) is 0 Å². The largest absolute Gasteiger partial charge is 0.0713 e. The minimum Gasteiger partial charge on any atom is -0.0622 e. The Balaban J connectivity index is 1.25. The molecule has 51 heavy (non-hydrogen) atoms. The van der Waals surface area contributed by atoms with Gasteiger partial charge in [-0.05, 0) is 100 Å². The van der Waals surface area contributed by atoms with Crippen molar-refractivity contribution in [2.75, 3.05) is 0 Å². The molecule has 0 heteroatoms. The SMILES string of the molecule is c1ccc(-c2c3ccccc3c(-c3ccccc3)c3cc(-c4cccc(C5(c6ccccc6)c6ccccc6-c6ccccc65)c4)ccc23)cc1. The average Bonchev–Trinajstić information content (AvgIpc) is 3.52. The van der Waals surface area contributed by atoms with Crippen molar-refractivity contribution < 1.29 is 0 Å². The van der Waals surface area contributed by atoms with Gasteiger partial charge >= 0.3 is 0 Å². The molecule has 0 fully saturated rings. The van der Waals surface area contributed by atoms with E-state index in [4.69, 9.17) is 0 Å². The molecule has 9 aromatic rings. The number of hydrogen-bond donors (Lipinski definition) is 0. The Labute approximate surface area is 298 Å². The summed E-state index contributed by atoms with van der Waals surface area (Å²) in [4.78, 5) is 0. The number of hydrogen-bond acceptors (Lipinski definition) is 0. The van der Waals surface area contributed by atoms with Gasteiger partial charge in [-0.3, -0.25) is 0 Å². The van der Waals surface area contributed by atoms with Crippen LogP contribution in [0.1, 0.15) is 22.3 Å². The van der Waals surface area contributed by atoms with Crippen LogP contribution in [0.4, 0.5) is 0 Å². The monoisotopic (exact) mass is 646 g/mol. The molecule has 1 aliphatic rings. The van der Waals surface area contributed by atoms with E-state index in [0.717, 1.165) is 0 Å². The summed E-state index contributed by atoms with van der Waals surface area (Å²) >= 11 is 0. The highest BCUT2D eigenvalue weighted by molar-refractivity contribution is 6.22. The van der Waals surface area contributed by atoms with E-state index in [2.05, 4.69) is 206 Å². The van der Waals surface area contributed by atoms with E-state index in [1.807, 2.05) is 0 Å². The smallest absolute Gasteiger partial charge is 0.0622 e. The molecule has 238 valence electrons. The molecule has 9 aromatic carbocycles. The fourth-order valence-corrected chi connectivity index (χ4v) is 8.83. The molecule has 0 saturated heterocycles. The third kappa shape index (κ3) is 4.47. The number of fused-ring (bicyclic) bond motifs is 5. The number of benzene rings is 9. The quantitative estimate of drug-likeness (QED) is 0.163. The van der Waals surface area contributed by atoms with Gasteiger partial charge in [0.25, 0.3) is 0 Å². The fraction of sp³-hybridized carbons (Fsp3) is 0.0196. The normalized spacial score (nSPS) is 12.9. The molecule has 0 aliphatic heterocycles. The van der Waals surface area contributed by atoms with Crippen LogP contribution in [0.25, 0.3) is 66.1 Å². The van der Waals surface area contributed by atoms with Crippen molar-refractivity contribution in [3.63, 3.8) is 0 Å². The molecule has 1 aliphatic carbocycles. The zero-order valence-corrected chi connectivity index (χ0v) is 28.1. The second kappa shape index (κ2) is 11.8. The van der Waals surface area contributed by atoms with Crippen LogP contribution < -0.4 is 0 Å². The third-order valence-corrected chi connectivity index (χ3v) is 10.9. The lowest BCUT2D eigenvalue weighted by Crippen LogP contribution is -2.28. The van der Waals surface area contributed by atoms with E-state index >= 15 is 0 Å². The molecule has 0 unspecified atom stereocenters. The van der Waals surface area contributed by atoms with Gasteiger partial charge in [0, 0.05) is 0 Å². The minimum absolute atomic E-state index is 0.437. The highest BCUT2D eigenvalue weighted by atomic mass is 14.5. The van der Waals surface area contributed by atoms with Crippen molar-refractivity contribution in [2.24, 2.45) is 0 Å². The van der Waals surface area contributed by atoms with Crippen LogP contribution in [-0.2, 0) is 5.41 Å². The van der Waals surface area contributed by atoms with Crippen molar-refractivity contribution in [3.8, 4) is 44.5 Å². The molecule has 10 rings (SSSR count). The second-order valence-corrected chi connectivity index (χ2v) is 13.6. The summed E-state index contributed by atoms with van der Waals surface area (Å²) in [6.45, 7) is 0. The molecular formula is C51H34. The molecule has 0 radical (unpaired) electrons. The van der Waals surface area contributed by atoms with Gasteiger partial charge < -0.3 is 0 Å². The lowest BCUT2D eigenvalue weighted by atomic mass is 9.67. The Kier molecular flexibility index (Phi) is 6.82. The zero-order chi connectivity index (χ0) is 33.8. The van der Waals surface area contributed by atoms with Crippen molar-refractivity contribution in [1.29, 1.82) is 0 Å². The summed E-state index contributed by atoms with van der Waals surface area (Å²) in [6.07, 6.45) is 0. The summed E-state index contributed by atoms with van der Waals surface area (Å²) in [7, 11) is 0. The molecule has 0 aromatic heterocycles. The Morgan fingerprint density at radius 3 is 1.29 bits per heavy atom. The van der Waals surface area contributed by atoms with Crippen LogP contribution in [0, 0.1) is 0 Å². The van der Waals surface area contributed by atoms with E-state index < -0.39 is 5.41 Å². The van der Waals surface area contributed by atoms with Crippen LogP contribution in [0.5, 0.6) is 0 Å². The van der Waals surface area contributed by atoms with E-state index in [1.165, 1.54) is 88.3 Å². The molecule has 0 N–H and O–H groups in total. The van der Waals surface area contributed by atoms with Crippen molar-refractivity contribution in [3.05, 3.63) is 229 Å². The lowest BCUT2D eigenvalue weighted by Gasteiger charge is -2.34. The summed E-state index contributed by atoms with van der Waals surface area (Å²) < 4.78 is 0. The molecule has 0 amide bonds. The first-order valence-corrected chi connectivity index (χ1v) is 17.8. The summed E-state index contributed by atoms with van der Waals surface area (Å²) in [5.41, 5.74) is 14.8. The average molecular weight is 647 g/mol. The van der Waals surface area contributed by atoms with Gasteiger partial charge in [-0.2, -0.15) is 0 Å². The Morgan fingerprint density at radius 2 is 0.686 bits per heavy atom. The van der Waals surface area contributed by atoms with E-state index in [9.17, 15) is 0 Å². The maximum atomic E-state index is 2.44. The second-order valence-electron chi connectivity index (χ2n) is 13.6. The minimum atomic E-state index is -0.437. The molecule has 0 saturated carbocycles. The maximum Gasteiger partial charge on any atom is 0.0713 e. The van der Waals surface area contributed by atoms with Crippen LogP contribution >= 0.6 is 0 Å². The third-order valence-electron chi connectivity index (χ3n) is 10.9. The maximum absolute atomic E-state index is 2.44. The van der Waals surface area contributed by atoms with Crippen molar-refractivity contribution in [2.45, 2.75) is 5.41 Å². The van der Waals surface area contributed by atoms with Gasteiger partial charge in [-0.15, -0.1) is 0 Å². The Morgan fingerprint density at radius 1 is 0.255 bits per heavy atom. The summed E-state index contributed by atoms with van der Waals surface area (Å²) in [5, 5.41) is 5.06. The lowest BCUT2D eigenvalue weighted by molar-refractivity contribution is 0.769. The molecular weight excluding hydrogens is 613 g/mol. The molecule has 0 spiro atoms. The predicted octanol–water partition coefficient (Wildman–Crippen LogP) is 13.4. The van der Waals surface area contributed by atoms with Gasteiger partial charge in [0.2, 0.25) is 0 Å². The fourth-order valence-electron chi connectivity index (χ4n) is 8.83. The topological polar surface area (TPSA) is 0 Å². The molecule has 0 atom stereocenters. The van der Waals surface area contributed by atoms with Gasteiger partial charge in [0.1, 0.15) is 0 Å². The molecule has 0 nitrogen and oxygen atoms in total. The standard InChI is InChI=1S/C51H34/c1-4-17-35(18-5-1)49-43-27-10-11-28-44(43)50(36-19-6-2-7-20-36)46-34-38(31-32-45(46)49)37-21-16-24-40(33-37)51(39-22-8-3-9-23-39)47-29-14-12-25-41(47)42-26-13-15-30-48(42)51/h1-34H. The highest BCUT2D eigenvalue weighted by Crippen LogP contribution is 2.56. The summed E-state index contributed by atoms with van der Waals surface area (Å²) in [6, 6.07) is 76.0. The van der Waals surface area contributed by atoms with Gasteiger partial charge in [0.15, 0.2) is 0 Å². The van der Waals surface area contributed by atoms with Gasteiger partial charge in [-0.1, -0.05) is 194 Å². The zero-order valence-electron chi connectivity index (χ0n) is 28.1. The first-order chi connectivity index (χ1) is 25.3. The van der Waals surface area contributed by atoms with Crippen molar-refractivity contribution in [1.82, 2.24) is 0 Å². The van der Waals surface area contributed by atoms with Gasteiger partial charge in [0.05, 0.1) is 5.41 Å². The van der Waals surface area contributed by atoms with Crippen molar-refractivity contribution >= 4 is 21.5 Å². The van der Waals surface area contributed by atoms with E-state index in [0.29, 0.717) is 0 Å².